The van der Waals surface area contributed by atoms with E-state index in [1.807, 2.05) is 0 Å². The summed E-state index contributed by atoms with van der Waals surface area (Å²) in [4.78, 5) is 0. The largest absolute Gasteiger partial charge is 0.507 e. The van der Waals surface area contributed by atoms with Crippen molar-refractivity contribution < 1.29 is 14.6 Å². The first-order valence-electron chi connectivity index (χ1n) is 4.46. The molecule has 2 aromatic rings. The van der Waals surface area contributed by atoms with Gasteiger partial charge in [0.25, 0.3) is 0 Å². The molecule has 2 nitrogen and oxygen atoms in total. The number of benzene rings is 2. The lowest BCUT2D eigenvalue weighted by Crippen LogP contribution is -1.85. The molecule has 2 N–H and O–H groups in total. The molecule has 0 aliphatic heterocycles. The minimum atomic E-state index is -0.477. The second kappa shape index (κ2) is 3.61. The van der Waals surface area contributed by atoms with Gasteiger partial charge < -0.3 is 10.2 Å². The molecule has 0 bridgehead atoms. The van der Waals surface area contributed by atoms with E-state index in [0.29, 0.717) is 0 Å². The minimum Gasteiger partial charge on any atom is -0.507 e. The third-order valence-electron chi connectivity index (χ3n) is 2.16. The van der Waals surface area contributed by atoms with Crippen molar-refractivity contribution >= 4 is 0 Å². The van der Waals surface area contributed by atoms with Crippen molar-refractivity contribution in [3.05, 3.63) is 48.3 Å². The lowest BCUT2D eigenvalue weighted by molar-refractivity contribution is 0.453. The average Bonchev–Trinajstić information content (AvgIpc) is 2.20. The van der Waals surface area contributed by atoms with Crippen LogP contribution in [0.5, 0.6) is 11.5 Å². The summed E-state index contributed by atoms with van der Waals surface area (Å²) in [6.45, 7) is 0. The van der Waals surface area contributed by atoms with E-state index >= 15 is 0 Å². The highest BCUT2D eigenvalue weighted by Gasteiger charge is 2.12. The summed E-state index contributed by atoms with van der Waals surface area (Å²) in [5.74, 6) is -0.755. The molecular formula is C12H9FO2. The van der Waals surface area contributed by atoms with E-state index in [-0.39, 0.29) is 22.6 Å². The number of rotatable bonds is 1. The van der Waals surface area contributed by atoms with Gasteiger partial charge in [-0.1, -0.05) is 24.3 Å². The van der Waals surface area contributed by atoms with Crippen LogP contribution in [0.25, 0.3) is 11.1 Å². The van der Waals surface area contributed by atoms with Gasteiger partial charge in [-0.2, -0.15) is 0 Å². The molecule has 0 aliphatic rings. The summed E-state index contributed by atoms with van der Waals surface area (Å²) in [5, 5.41) is 19.1. The van der Waals surface area contributed by atoms with E-state index in [2.05, 4.69) is 0 Å². The fourth-order valence-electron chi connectivity index (χ4n) is 1.47. The smallest absolute Gasteiger partial charge is 0.131 e. The normalized spacial score (nSPS) is 10.2. The molecule has 0 aliphatic carbocycles. The van der Waals surface area contributed by atoms with Crippen LogP contribution < -0.4 is 0 Å². The zero-order chi connectivity index (χ0) is 10.8. The zero-order valence-corrected chi connectivity index (χ0v) is 7.81. The van der Waals surface area contributed by atoms with E-state index in [9.17, 15) is 14.6 Å². The molecule has 0 heterocycles. The Kier molecular flexibility index (Phi) is 2.29. The summed E-state index contributed by atoms with van der Waals surface area (Å²) in [6, 6.07) is 10.3. The number of hydrogen-bond donors (Lipinski definition) is 2. The fourth-order valence-corrected chi connectivity index (χ4v) is 1.47. The van der Waals surface area contributed by atoms with Crippen LogP contribution in [0.1, 0.15) is 0 Å². The molecule has 3 heteroatoms. The van der Waals surface area contributed by atoms with Crippen molar-refractivity contribution in [1.29, 1.82) is 0 Å². The van der Waals surface area contributed by atoms with Crippen molar-refractivity contribution in [2.45, 2.75) is 0 Å². The molecular weight excluding hydrogens is 195 g/mol. The van der Waals surface area contributed by atoms with Crippen LogP contribution in [0, 0.1) is 5.82 Å². The third-order valence-corrected chi connectivity index (χ3v) is 2.16. The second-order valence-electron chi connectivity index (χ2n) is 3.15. The maximum absolute atomic E-state index is 13.4. The molecule has 0 spiro atoms. The van der Waals surface area contributed by atoms with Gasteiger partial charge >= 0.3 is 0 Å². The van der Waals surface area contributed by atoms with Crippen LogP contribution in [0.4, 0.5) is 4.39 Å². The monoisotopic (exact) mass is 204 g/mol. The van der Waals surface area contributed by atoms with E-state index in [4.69, 9.17) is 0 Å². The Morgan fingerprint density at radius 2 is 1.40 bits per heavy atom. The van der Waals surface area contributed by atoms with E-state index < -0.39 is 5.82 Å². The van der Waals surface area contributed by atoms with Gasteiger partial charge in [0, 0.05) is 5.56 Å². The Labute approximate surface area is 86.2 Å². The molecule has 0 unspecified atom stereocenters. The second-order valence-corrected chi connectivity index (χ2v) is 3.15. The molecule has 2 aromatic carbocycles. The predicted molar refractivity (Wildman–Crippen MR) is 55.2 cm³/mol. The Morgan fingerprint density at radius 3 is 2.00 bits per heavy atom. The first kappa shape index (κ1) is 9.52. The lowest BCUT2D eigenvalue weighted by Gasteiger charge is -2.07. The van der Waals surface area contributed by atoms with Crippen molar-refractivity contribution in [1.82, 2.24) is 0 Å². The lowest BCUT2D eigenvalue weighted by atomic mass is 10.0. The minimum absolute atomic E-state index is 0.121. The van der Waals surface area contributed by atoms with Crippen LogP contribution in [-0.2, 0) is 0 Å². The Balaban J connectivity index is 2.69. The van der Waals surface area contributed by atoms with E-state index in [1.54, 1.807) is 12.1 Å². The van der Waals surface area contributed by atoms with Gasteiger partial charge in [0.05, 0.1) is 5.56 Å². The molecule has 15 heavy (non-hydrogen) atoms. The molecule has 0 fully saturated rings. The highest BCUT2D eigenvalue weighted by molar-refractivity contribution is 5.76. The van der Waals surface area contributed by atoms with Crippen molar-refractivity contribution in [3.8, 4) is 22.6 Å². The standard InChI is InChI=1S/C12H9FO2/c13-9-5-2-1-4-8(9)12-10(14)6-3-7-11(12)15/h1-7,14-15H. The maximum atomic E-state index is 13.4. The number of phenolic OH excluding ortho intramolecular Hbond substituents is 2. The summed E-state index contributed by atoms with van der Waals surface area (Å²) < 4.78 is 13.4. The van der Waals surface area contributed by atoms with Crippen molar-refractivity contribution in [2.75, 3.05) is 0 Å². The molecule has 0 amide bonds. The van der Waals surface area contributed by atoms with Crippen LogP contribution in [-0.4, -0.2) is 10.2 Å². The zero-order valence-electron chi connectivity index (χ0n) is 7.81. The summed E-state index contributed by atoms with van der Waals surface area (Å²) in [5.41, 5.74) is 0.309. The summed E-state index contributed by atoms with van der Waals surface area (Å²) in [7, 11) is 0. The molecule has 2 rings (SSSR count). The van der Waals surface area contributed by atoms with Crippen LogP contribution in [0.2, 0.25) is 0 Å². The first-order chi connectivity index (χ1) is 7.20. The molecule has 76 valence electrons. The third kappa shape index (κ3) is 1.64. The molecule has 0 aromatic heterocycles. The highest BCUT2D eigenvalue weighted by Crippen LogP contribution is 2.37. The summed E-state index contributed by atoms with van der Waals surface area (Å²) in [6.07, 6.45) is 0. The van der Waals surface area contributed by atoms with Gasteiger partial charge in [0.1, 0.15) is 17.3 Å². The Hall–Kier alpha value is -2.03. The van der Waals surface area contributed by atoms with Gasteiger partial charge in [-0.15, -0.1) is 0 Å². The maximum Gasteiger partial charge on any atom is 0.131 e. The van der Waals surface area contributed by atoms with E-state index in [1.165, 1.54) is 30.3 Å². The molecule has 0 saturated heterocycles. The van der Waals surface area contributed by atoms with Gasteiger partial charge in [-0.25, -0.2) is 4.39 Å². The van der Waals surface area contributed by atoms with Gasteiger partial charge in [-0.3, -0.25) is 0 Å². The molecule has 0 radical (unpaired) electrons. The van der Waals surface area contributed by atoms with Crippen molar-refractivity contribution in [3.63, 3.8) is 0 Å². The predicted octanol–water partition coefficient (Wildman–Crippen LogP) is 2.90. The Morgan fingerprint density at radius 1 is 0.800 bits per heavy atom. The number of phenols is 2. The number of aromatic hydroxyl groups is 2. The first-order valence-corrected chi connectivity index (χ1v) is 4.46. The van der Waals surface area contributed by atoms with Gasteiger partial charge in [0.15, 0.2) is 0 Å². The highest BCUT2D eigenvalue weighted by atomic mass is 19.1. The SMILES string of the molecule is Oc1cccc(O)c1-c1ccccc1F. The average molecular weight is 204 g/mol. The van der Waals surface area contributed by atoms with Crippen LogP contribution in [0.15, 0.2) is 42.5 Å². The number of halogens is 1. The summed E-state index contributed by atoms with van der Waals surface area (Å²) >= 11 is 0. The van der Waals surface area contributed by atoms with Crippen LogP contribution in [0.3, 0.4) is 0 Å². The van der Waals surface area contributed by atoms with Crippen LogP contribution >= 0.6 is 0 Å². The molecule has 0 saturated carbocycles. The van der Waals surface area contributed by atoms with Crippen molar-refractivity contribution in [2.24, 2.45) is 0 Å². The van der Waals surface area contributed by atoms with E-state index in [0.717, 1.165) is 0 Å². The number of hydrogen-bond acceptors (Lipinski definition) is 2. The van der Waals surface area contributed by atoms with Gasteiger partial charge in [0.2, 0.25) is 0 Å². The topological polar surface area (TPSA) is 40.5 Å². The fraction of sp³-hybridized carbons (Fsp3) is 0. The quantitative estimate of drug-likeness (QED) is 0.749. The Bertz CT molecular complexity index is 474. The molecule has 0 atom stereocenters. The van der Waals surface area contributed by atoms with Gasteiger partial charge in [-0.05, 0) is 18.2 Å².